The van der Waals surface area contributed by atoms with Gasteiger partial charge in [-0.25, -0.2) is 8.42 Å². The van der Waals surface area contributed by atoms with E-state index in [4.69, 9.17) is 10.5 Å². The Morgan fingerprint density at radius 3 is 2.44 bits per heavy atom. The first kappa shape index (κ1) is 22.1. The van der Waals surface area contributed by atoms with Crippen LogP contribution < -0.4 is 5.73 Å². The lowest BCUT2D eigenvalue weighted by molar-refractivity contribution is -0.143. The van der Waals surface area contributed by atoms with E-state index in [0.717, 1.165) is 17.5 Å². The van der Waals surface area contributed by atoms with Crippen LogP contribution in [0.4, 0.5) is 0 Å². The average Bonchev–Trinajstić information content (AvgIpc) is 3.12. The monoisotopic (exact) mass is 417 g/mol. The lowest BCUT2D eigenvalue weighted by Gasteiger charge is -2.35. The lowest BCUT2D eigenvalue weighted by atomic mass is 10.1. The Labute approximate surface area is 167 Å². The van der Waals surface area contributed by atoms with Crippen LogP contribution in [-0.4, -0.2) is 68.5 Å². The van der Waals surface area contributed by atoms with Gasteiger partial charge in [0.15, 0.2) is 0 Å². The van der Waals surface area contributed by atoms with Crippen LogP contribution in [-0.2, 0) is 19.6 Å². The summed E-state index contributed by atoms with van der Waals surface area (Å²) < 4.78 is 33.1. The van der Waals surface area contributed by atoms with Crippen LogP contribution >= 0.6 is 12.4 Å². The molecule has 2 aliphatic heterocycles. The Morgan fingerprint density at radius 1 is 1.19 bits per heavy atom. The van der Waals surface area contributed by atoms with Gasteiger partial charge in [-0.1, -0.05) is 12.1 Å². The maximum absolute atomic E-state index is 13.0. The van der Waals surface area contributed by atoms with Gasteiger partial charge in [-0.15, -0.1) is 12.4 Å². The molecular formula is C18H28ClN3O4S. The number of hydrogen-bond donors (Lipinski definition) is 1. The number of nitrogens with two attached hydrogens (primary N) is 1. The van der Waals surface area contributed by atoms with Crippen LogP contribution in [0, 0.1) is 13.8 Å². The van der Waals surface area contributed by atoms with E-state index >= 15 is 0 Å². The molecule has 0 spiro atoms. The highest BCUT2D eigenvalue weighted by Gasteiger charge is 2.36. The zero-order valence-electron chi connectivity index (χ0n) is 15.8. The Hall–Kier alpha value is -1.19. The average molecular weight is 418 g/mol. The smallest absolute Gasteiger partial charge is 0.251 e. The maximum atomic E-state index is 13.0. The Morgan fingerprint density at radius 2 is 1.85 bits per heavy atom. The predicted molar refractivity (Wildman–Crippen MR) is 105 cm³/mol. The number of carbonyl (C=O) groups is 1. The molecule has 2 atom stereocenters. The van der Waals surface area contributed by atoms with Crippen molar-refractivity contribution in [2.75, 3.05) is 32.7 Å². The van der Waals surface area contributed by atoms with Crippen molar-refractivity contribution in [3.05, 3.63) is 29.3 Å². The van der Waals surface area contributed by atoms with E-state index in [9.17, 15) is 13.2 Å². The Balaban J connectivity index is 0.00000261. The molecule has 2 N–H and O–H groups in total. The number of carbonyl (C=O) groups excluding carboxylic acids is 1. The van der Waals surface area contributed by atoms with Gasteiger partial charge in [0.2, 0.25) is 10.0 Å². The van der Waals surface area contributed by atoms with Crippen molar-refractivity contribution >= 4 is 28.3 Å². The number of nitrogens with zero attached hydrogens (tertiary/aromatic N) is 2. The van der Waals surface area contributed by atoms with Crippen LogP contribution in [0.1, 0.15) is 24.0 Å². The highest BCUT2D eigenvalue weighted by atomic mass is 35.5. The van der Waals surface area contributed by atoms with Crippen LogP contribution in [0.5, 0.6) is 0 Å². The summed E-state index contributed by atoms with van der Waals surface area (Å²) in [6, 6.07) is 5.44. The molecule has 0 bridgehead atoms. The molecule has 2 aliphatic rings. The van der Waals surface area contributed by atoms with Crippen LogP contribution in [0.15, 0.2) is 23.1 Å². The van der Waals surface area contributed by atoms with Crippen molar-refractivity contribution in [1.82, 2.24) is 9.21 Å². The first-order valence-corrected chi connectivity index (χ1v) is 10.5. The topological polar surface area (TPSA) is 92.9 Å². The molecule has 3 rings (SSSR count). The zero-order valence-corrected chi connectivity index (χ0v) is 17.4. The third-order valence-corrected chi connectivity index (χ3v) is 7.20. The minimum Gasteiger partial charge on any atom is -0.364 e. The largest absolute Gasteiger partial charge is 0.364 e. The normalized spacial score (nSPS) is 23.9. The molecule has 2 saturated heterocycles. The highest BCUT2D eigenvalue weighted by Crippen LogP contribution is 2.24. The van der Waals surface area contributed by atoms with E-state index < -0.39 is 16.1 Å². The molecule has 1 aromatic carbocycles. The summed E-state index contributed by atoms with van der Waals surface area (Å²) in [5.41, 5.74) is 7.25. The van der Waals surface area contributed by atoms with Gasteiger partial charge in [-0.05, 0) is 43.9 Å². The van der Waals surface area contributed by atoms with Crippen LogP contribution in [0.25, 0.3) is 0 Å². The van der Waals surface area contributed by atoms with Gasteiger partial charge in [-0.3, -0.25) is 4.79 Å². The molecule has 7 nitrogen and oxygen atoms in total. The van der Waals surface area contributed by atoms with E-state index in [1.54, 1.807) is 17.9 Å². The van der Waals surface area contributed by atoms with E-state index in [1.807, 2.05) is 19.1 Å². The number of halogens is 1. The molecule has 0 unspecified atom stereocenters. The van der Waals surface area contributed by atoms with Crippen LogP contribution in [0.3, 0.4) is 0 Å². The third kappa shape index (κ3) is 4.63. The second-order valence-electron chi connectivity index (χ2n) is 7.06. The molecule has 0 aliphatic carbocycles. The molecule has 1 amide bonds. The Kier molecular flexibility index (Phi) is 7.27. The fourth-order valence-corrected chi connectivity index (χ4v) is 5.27. The molecular weight excluding hydrogens is 390 g/mol. The fraction of sp³-hybridized carbons (Fsp3) is 0.611. The van der Waals surface area contributed by atoms with Crippen molar-refractivity contribution in [1.29, 1.82) is 0 Å². The van der Waals surface area contributed by atoms with Gasteiger partial charge in [0.05, 0.1) is 11.0 Å². The lowest BCUT2D eigenvalue weighted by Crippen LogP contribution is -2.52. The molecule has 152 valence electrons. The number of sulfonamides is 1. The number of aryl methyl sites for hydroxylation is 2. The summed E-state index contributed by atoms with van der Waals surface area (Å²) in [5, 5.41) is 0. The van der Waals surface area contributed by atoms with E-state index in [-0.39, 0.29) is 24.4 Å². The quantitative estimate of drug-likeness (QED) is 0.790. The van der Waals surface area contributed by atoms with Gasteiger partial charge >= 0.3 is 0 Å². The highest BCUT2D eigenvalue weighted by molar-refractivity contribution is 7.89. The summed E-state index contributed by atoms with van der Waals surface area (Å²) >= 11 is 0. The number of hydrogen-bond acceptors (Lipinski definition) is 5. The molecule has 0 aromatic heterocycles. The first-order chi connectivity index (χ1) is 12.3. The van der Waals surface area contributed by atoms with Crippen molar-refractivity contribution < 1.29 is 17.9 Å². The summed E-state index contributed by atoms with van der Waals surface area (Å²) in [6.45, 7) is 5.48. The van der Waals surface area contributed by atoms with Crippen LogP contribution in [0.2, 0.25) is 0 Å². The molecule has 9 heteroatoms. The van der Waals surface area contributed by atoms with Gasteiger partial charge in [0.25, 0.3) is 5.91 Å². The van der Waals surface area contributed by atoms with Crippen molar-refractivity contribution in [3.63, 3.8) is 0 Å². The van der Waals surface area contributed by atoms with Crippen molar-refractivity contribution in [3.8, 4) is 0 Å². The van der Waals surface area contributed by atoms with E-state index in [2.05, 4.69) is 0 Å². The maximum Gasteiger partial charge on any atom is 0.251 e. The molecule has 2 heterocycles. The number of ether oxygens (including phenoxy) is 1. The second-order valence-corrected chi connectivity index (χ2v) is 8.96. The summed E-state index contributed by atoms with van der Waals surface area (Å²) in [7, 11) is -3.55. The number of amides is 1. The third-order valence-electron chi connectivity index (χ3n) is 5.16. The van der Waals surface area contributed by atoms with Crippen molar-refractivity contribution in [2.45, 2.75) is 43.8 Å². The number of rotatable bonds is 4. The molecule has 27 heavy (non-hydrogen) atoms. The molecule has 0 radical (unpaired) electrons. The van der Waals surface area contributed by atoms with Gasteiger partial charge in [0, 0.05) is 32.7 Å². The molecule has 1 aromatic rings. The minimum atomic E-state index is -3.55. The zero-order chi connectivity index (χ0) is 18.9. The molecule has 2 fully saturated rings. The number of benzene rings is 1. The minimum absolute atomic E-state index is 0. The summed E-state index contributed by atoms with van der Waals surface area (Å²) in [5.74, 6) is -0.0512. The van der Waals surface area contributed by atoms with Gasteiger partial charge in [0.1, 0.15) is 6.10 Å². The first-order valence-electron chi connectivity index (χ1n) is 9.04. The number of piperazine rings is 1. The SMILES string of the molecule is Cc1ccc(C)c(S(=O)(=O)N2CCN(C(=O)[C@@H]3CC[C@H](CN)O3)CC2)c1.Cl. The second kappa shape index (κ2) is 8.87. The summed E-state index contributed by atoms with van der Waals surface area (Å²) in [6.07, 6.45) is 0.996. The standard InChI is InChI=1S/C18H27N3O4S.ClH/c1-13-3-4-14(2)17(11-13)26(23,24)21-9-7-20(8-10-21)18(22)16-6-5-15(12-19)25-16;/h3-4,11,15-16H,5-10,12,19H2,1-2H3;1H/t15-,16+;/m1./s1. The van der Waals surface area contributed by atoms with Gasteiger partial charge < -0.3 is 15.4 Å². The summed E-state index contributed by atoms with van der Waals surface area (Å²) in [4.78, 5) is 14.6. The van der Waals surface area contributed by atoms with E-state index in [1.165, 1.54) is 4.31 Å². The predicted octanol–water partition coefficient (Wildman–Crippen LogP) is 1.06. The van der Waals surface area contributed by atoms with E-state index in [0.29, 0.717) is 44.0 Å². The van der Waals surface area contributed by atoms with Gasteiger partial charge in [-0.2, -0.15) is 4.31 Å². The molecule has 0 saturated carbocycles. The fourth-order valence-electron chi connectivity index (χ4n) is 3.54. The van der Waals surface area contributed by atoms with Crippen molar-refractivity contribution in [2.24, 2.45) is 5.73 Å². The Bertz CT molecular complexity index is 779.